The topological polar surface area (TPSA) is 125 Å². The average Bonchev–Trinajstić information content (AvgIpc) is 3.43. The van der Waals surface area contributed by atoms with E-state index in [0.717, 1.165) is 0 Å². The van der Waals surface area contributed by atoms with E-state index in [1.54, 1.807) is 42.5 Å². The fraction of sp³-hybridized carbons (Fsp3) is 0.0400. The minimum Gasteiger partial charge on any atom is -0.545 e. The molecule has 2 aromatic heterocycles. The van der Waals surface area contributed by atoms with Crippen LogP contribution in [0.5, 0.6) is 5.88 Å². The van der Waals surface area contributed by atoms with Crippen LogP contribution in [-0.4, -0.2) is 27.5 Å². The number of fused-ring (bicyclic) bond motifs is 2. The van der Waals surface area contributed by atoms with Crippen LogP contribution in [0.25, 0.3) is 28.6 Å². The zero-order valence-electron chi connectivity index (χ0n) is 18.2. The molecule has 9 heteroatoms. The van der Waals surface area contributed by atoms with Crippen LogP contribution in [0.15, 0.2) is 64.0 Å². The number of aromatic hydroxyl groups is 1. The second-order valence-corrected chi connectivity index (χ2v) is 7.49. The summed E-state index contributed by atoms with van der Waals surface area (Å²) in [5.74, 6) is -2.37. The summed E-state index contributed by atoms with van der Waals surface area (Å²) in [6.45, 7) is 1.37. The fourth-order valence-corrected chi connectivity index (χ4v) is 3.92. The van der Waals surface area contributed by atoms with Crippen molar-refractivity contribution < 1.29 is 58.6 Å². The van der Waals surface area contributed by atoms with Crippen LogP contribution in [0.1, 0.15) is 27.6 Å². The van der Waals surface area contributed by atoms with E-state index in [1.165, 1.54) is 35.8 Å². The molecule has 34 heavy (non-hydrogen) atoms. The first-order valence-electron chi connectivity index (χ1n) is 9.95. The van der Waals surface area contributed by atoms with Crippen LogP contribution in [0, 0.1) is 0 Å². The van der Waals surface area contributed by atoms with Crippen LogP contribution in [0.3, 0.4) is 0 Å². The van der Waals surface area contributed by atoms with Gasteiger partial charge in [0.25, 0.3) is 5.91 Å². The number of carbonyl (C=O) groups excluding carboxylic acids is 3. The summed E-state index contributed by atoms with van der Waals surface area (Å²) in [4.78, 5) is 39.3. The summed E-state index contributed by atoms with van der Waals surface area (Å²) >= 11 is 0. The number of carbonyl (C=O) groups is 3. The van der Waals surface area contributed by atoms with Gasteiger partial charge in [0.15, 0.2) is 0 Å². The Bertz CT molecular complexity index is 1760. The van der Waals surface area contributed by atoms with Crippen molar-refractivity contribution in [2.24, 2.45) is 4.99 Å². The number of hydrogen-bond acceptors (Lipinski definition) is 6. The number of furan rings is 1. The summed E-state index contributed by atoms with van der Waals surface area (Å²) < 4.78 is 7.04. The molecule has 5 rings (SSSR count). The zero-order valence-corrected chi connectivity index (χ0v) is 20.2. The minimum absolute atomic E-state index is 0. The second-order valence-electron chi connectivity index (χ2n) is 7.49. The third-order valence-corrected chi connectivity index (χ3v) is 5.40. The predicted molar refractivity (Wildman–Crippen MR) is 116 cm³/mol. The number of benzene rings is 2. The number of carboxylic acids is 1. The van der Waals surface area contributed by atoms with Crippen LogP contribution in [-0.2, 0) is 4.79 Å². The Hall–Kier alpha value is -3.72. The first-order valence-corrected chi connectivity index (χ1v) is 9.95. The monoisotopic (exact) mass is 462 g/mol. The van der Waals surface area contributed by atoms with Crippen molar-refractivity contribution in [3.63, 3.8) is 0 Å². The third-order valence-electron chi connectivity index (χ3n) is 5.40. The molecule has 8 nitrogen and oxygen atoms in total. The van der Waals surface area contributed by atoms with Gasteiger partial charge in [-0.15, -0.1) is 0 Å². The Kier molecular flexibility index (Phi) is 6.14. The molecule has 0 atom stereocenters. The fourth-order valence-electron chi connectivity index (χ4n) is 3.92. The Morgan fingerprint density at radius 1 is 1.06 bits per heavy atom. The molecule has 0 saturated heterocycles. The first kappa shape index (κ1) is 23.4. The van der Waals surface area contributed by atoms with E-state index < -0.39 is 11.9 Å². The van der Waals surface area contributed by atoms with Crippen molar-refractivity contribution >= 4 is 46.4 Å². The maximum Gasteiger partial charge on any atom is 1.00 e. The molecule has 1 aliphatic heterocycles. The molecule has 4 aromatic rings. The Morgan fingerprint density at radius 2 is 1.76 bits per heavy atom. The number of carboxylic acid groups (broad SMARTS) is 1. The summed E-state index contributed by atoms with van der Waals surface area (Å²) in [6.07, 6.45) is 3.13. The molecule has 0 bridgehead atoms. The Labute approximate surface area is 213 Å². The zero-order chi connectivity index (χ0) is 23.3. The molecular weight excluding hydrogens is 447 g/mol. The molecule has 0 spiro atoms. The van der Waals surface area contributed by atoms with Gasteiger partial charge >= 0.3 is 29.6 Å². The van der Waals surface area contributed by atoms with Gasteiger partial charge in [0.1, 0.15) is 10.8 Å². The van der Waals surface area contributed by atoms with E-state index in [9.17, 15) is 24.6 Å². The first-order chi connectivity index (χ1) is 15.8. The molecule has 2 aromatic carbocycles. The molecule has 0 aliphatic carbocycles. The molecule has 0 saturated carbocycles. The molecule has 0 radical (unpaired) electrons. The van der Waals surface area contributed by atoms with Crippen molar-refractivity contribution in [2.75, 3.05) is 0 Å². The molecule has 1 amide bonds. The Morgan fingerprint density at radius 3 is 2.47 bits per heavy atom. The average molecular weight is 462 g/mol. The van der Waals surface area contributed by atoms with E-state index >= 15 is 0 Å². The third kappa shape index (κ3) is 3.92. The van der Waals surface area contributed by atoms with E-state index in [0.29, 0.717) is 32.5 Å². The van der Waals surface area contributed by atoms with Crippen LogP contribution < -0.4 is 56.1 Å². The van der Waals surface area contributed by atoms with E-state index in [-0.39, 0.29) is 57.8 Å². The minimum atomic E-state index is -1.35. The number of rotatable bonds is 3. The normalized spacial score (nSPS) is 13.7. The van der Waals surface area contributed by atoms with Gasteiger partial charge in [0.2, 0.25) is 11.8 Å². The molecule has 162 valence electrons. The van der Waals surface area contributed by atoms with Gasteiger partial charge in [0.05, 0.1) is 22.4 Å². The quantitative estimate of drug-likeness (QED) is 0.317. The Balaban J connectivity index is 0.00000274. The maximum atomic E-state index is 12.4. The predicted octanol–water partition coefficient (Wildman–Crippen LogP) is -3.41. The molecule has 0 fully saturated rings. The number of amides is 1. The number of para-hydroxylation sites is 1. The van der Waals surface area contributed by atoms with Gasteiger partial charge in [-0.3, -0.25) is 14.2 Å². The van der Waals surface area contributed by atoms with Gasteiger partial charge in [-0.05, 0) is 42.0 Å². The van der Waals surface area contributed by atoms with E-state index in [1.807, 2.05) is 0 Å². The van der Waals surface area contributed by atoms with Gasteiger partial charge in [-0.2, -0.15) is 0 Å². The van der Waals surface area contributed by atoms with Gasteiger partial charge in [-0.25, -0.2) is 4.99 Å². The molecule has 1 N–H and O–H groups in total. The SMILES string of the molecule is CC(=O)n1c(O)c(/C=c2/cc/c(=C\C3=c4ccc(C(=O)[O-])cc4=NC3=O)o2)c2ccccc21.[Na+]. The van der Waals surface area contributed by atoms with E-state index in [4.69, 9.17) is 4.42 Å². The number of aromatic carboxylic acids is 1. The molecule has 0 unspecified atom stereocenters. The second kappa shape index (κ2) is 8.90. The number of aromatic nitrogens is 1. The summed E-state index contributed by atoms with van der Waals surface area (Å²) in [7, 11) is 0. The number of hydrogen-bond donors (Lipinski definition) is 1. The van der Waals surface area contributed by atoms with Crippen LogP contribution in [0.4, 0.5) is 0 Å². The van der Waals surface area contributed by atoms with Gasteiger partial charge in [-0.1, -0.05) is 30.3 Å². The van der Waals surface area contributed by atoms with Gasteiger partial charge in [0, 0.05) is 23.1 Å². The summed E-state index contributed by atoms with van der Waals surface area (Å²) in [5.41, 5.74) is 1.98. The molecule has 3 heterocycles. The van der Waals surface area contributed by atoms with Crippen molar-refractivity contribution in [1.29, 1.82) is 0 Å². The van der Waals surface area contributed by atoms with Crippen molar-refractivity contribution in [1.82, 2.24) is 4.57 Å². The standard InChI is InChI=1S/C25H16N2O6.Na/c1-13(28)27-22-5-3-2-4-18(22)20(24(27)30)12-16-8-7-15(33-16)11-19-17-9-6-14(25(31)32)10-21(17)26-23(19)29;/h2-12,30H,1H3,(H,31,32);/q;+1/p-1/b15-11+,16-12-;. The van der Waals surface area contributed by atoms with Crippen molar-refractivity contribution in [2.45, 2.75) is 6.92 Å². The van der Waals surface area contributed by atoms with E-state index in [2.05, 4.69) is 4.99 Å². The largest absolute Gasteiger partial charge is 1.00 e. The van der Waals surface area contributed by atoms with Gasteiger partial charge < -0.3 is 19.4 Å². The van der Waals surface area contributed by atoms with Crippen LogP contribution >= 0.6 is 0 Å². The molecular formula is C25H15N2NaO6. The number of nitrogens with zero attached hydrogens (tertiary/aromatic N) is 2. The maximum absolute atomic E-state index is 12.4. The summed E-state index contributed by atoms with van der Waals surface area (Å²) in [5, 5.41) is 23.1. The summed E-state index contributed by atoms with van der Waals surface area (Å²) in [6, 6.07) is 14.6. The van der Waals surface area contributed by atoms with Crippen LogP contribution in [0.2, 0.25) is 0 Å². The smallest absolute Gasteiger partial charge is 0.545 e. The van der Waals surface area contributed by atoms with Crippen molar-refractivity contribution in [3.8, 4) is 5.88 Å². The molecule has 1 aliphatic rings. The van der Waals surface area contributed by atoms with Crippen molar-refractivity contribution in [3.05, 3.63) is 87.1 Å².